The van der Waals surface area contributed by atoms with Crippen LogP contribution in [0.5, 0.6) is 5.88 Å². The van der Waals surface area contributed by atoms with Crippen LogP contribution in [0.2, 0.25) is 0 Å². The van der Waals surface area contributed by atoms with E-state index in [0.29, 0.717) is 5.88 Å². The van der Waals surface area contributed by atoms with E-state index in [4.69, 9.17) is 4.74 Å². The van der Waals surface area contributed by atoms with E-state index in [1.807, 2.05) is 48.8 Å². The Morgan fingerprint density at radius 1 is 1.16 bits per heavy atom. The largest absolute Gasteiger partial charge is 0.481 e. The molecule has 0 spiro atoms. The fourth-order valence-electron chi connectivity index (χ4n) is 1.90. The summed E-state index contributed by atoms with van der Waals surface area (Å²) in [5, 5.41) is 0. The summed E-state index contributed by atoms with van der Waals surface area (Å²) in [6, 6.07) is 7.68. The third-order valence-electron chi connectivity index (χ3n) is 2.88. The molecule has 0 aromatic carbocycles. The second kappa shape index (κ2) is 4.94. The summed E-state index contributed by atoms with van der Waals surface area (Å²) in [5.74, 6) is 0.594. The number of hydrogen-bond acceptors (Lipinski definition) is 3. The number of aromatic amines is 1. The second-order valence-corrected chi connectivity index (χ2v) is 4.10. The zero-order valence-corrected chi connectivity index (χ0v) is 10.5. The van der Waals surface area contributed by atoms with Crippen molar-refractivity contribution in [2.24, 2.45) is 0 Å². The molecular formula is C15H13N3O. The van der Waals surface area contributed by atoms with Gasteiger partial charge in [-0.2, -0.15) is 0 Å². The van der Waals surface area contributed by atoms with E-state index in [-0.39, 0.29) is 0 Å². The Balaban J connectivity index is 2.07. The molecule has 0 saturated carbocycles. The van der Waals surface area contributed by atoms with Gasteiger partial charge in [0, 0.05) is 30.2 Å². The molecular weight excluding hydrogens is 238 g/mol. The number of nitrogens with zero attached hydrogens (tertiary/aromatic N) is 2. The Labute approximate surface area is 110 Å². The summed E-state index contributed by atoms with van der Waals surface area (Å²) < 4.78 is 5.16. The summed E-state index contributed by atoms with van der Waals surface area (Å²) in [7, 11) is 1.61. The smallest absolute Gasteiger partial charge is 0.213 e. The van der Waals surface area contributed by atoms with Crippen molar-refractivity contribution in [3.63, 3.8) is 0 Å². The van der Waals surface area contributed by atoms with Gasteiger partial charge in [-0.25, -0.2) is 4.98 Å². The first-order valence-electron chi connectivity index (χ1n) is 5.97. The van der Waals surface area contributed by atoms with E-state index in [1.54, 1.807) is 13.3 Å². The van der Waals surface area contributed by atoms with Crippen molar-refractivity contribution in [3.8, 4) is 5.88 Å². The van der Waals surface area contributed by atoms with Gasteiger partial charge in [-0.05, 0) is 23.8 Å². The Bertz CT molecular complexity index is 717. The lowest BCUT2D eigenvalue weighted by Crippen LogP contribution is -1.91. The Morgan fingerprint density at radius 2 is 2.11 bits per heavy atom. The van der Waals surface area contributed by atoms with E-state index in [1.165, 1.54) is 0 Å². The van der Waals surface area contributed by atoms with Crippen LogP contribution in [-0.4, -0.2) is 22.1 Å². The zero-order valence-electron chi connectivity index (χ0n) is 10.5. The van der Waals surface area contributed by atoms with Crippen molar-refractivity contribution >= 4 is 23.2 Å². The molecule has 0 aliphatic carbocycles. The molecule has 3 heterocycles. The van der Waals surface area contributed by atoms with Crippen molar-refractivity contribution in [1.82, 2.24) is 15.0 Å². The van der Waals surface area contributed by atoms with Crippen LogP contribution < -0.4 is 4.74 Å². The molecule has 0 atom stereocenters. The predicted molar refractivity (Wildman–Crippen MR) is 75.8 cm³/mol. The van der Waals surface area contributed by atoms with Crippen molar-refractivity contribution in [1.29, 1.82) is 0 Å². The minimum atomic E-state index is 0.594. The van der Waals surface area contributed by atoms with Gasteiger partial charge in [0.2, 0.25) is 5.88 Å². The molecule has 0 fully saturated rings. The van der Waals surface area contributed by atoms with Gasteiger partial charge >= 0.3 is 0 Å². The highest BCUT2D eigenvalue weighted by atomic mass is 16.5. The Hall–Kier alpha value is -2.62. The van der Waals surface area contributed by atoms with E-state index >= 15 is 0 Å². The standard InChI is InChI=1S/C15H13N3O/c1-19-14-5-4-13-15(18-14)12(7-9-17-13)3-2-11-6-8-16-10-11/h2-10,16H,1H3/b3-2+. The lowest BCUT2D eigenvalue weighted by molar-refractivity contribution is 0.399. The minimum Gasteiger partial charge on any atom is -0.481 e. The van der Waals surface area contributed by atoms with Crippen molar-refractivity contribution in [3.05, 3.63) is 54.0 Å². The minimum absolute atomic E-state index is 0.594. The first kappa shape index (κ1) is 11.5. The molecule has 4 nitrogen and oxygen atoms in total. The highest BCUT2D eigenvalue weighted by molar-refractivity contribution is 5.87. The van der Waals surface area contributed by atoms with E-state index in [9.17, 15) is 0 Å². The molecule has 1 N–H and O–H groups in total. The number of H-pyrrole nitrogens is 1. The molecule has 0 unspecified atom stereocenters. The average molecular weight is 251 g/mol. The molecule has 0 aliphatic heterocycles. The van der Waals surface area contributed by atoms with Crippen LogP contribution in [0.15, 0.2) is 42.9 Å². The summed E-state index contributed by atoms with van der Waals surface area (Å²) in [4.78, 5) is 11.8. The molecule has 0 radical (unpaired) electrons. The zero-order chi connectivity index (χ0) is 13.1. The van der Waals surface area contributed by atoms with Gasteiger partial charge in [0.25, 0.3) is 0 Å². The Kier molecular flexibility index (Phi) is 2.98. The molecule has 94 valence electrons. The van der Waals surface area contributed by atoms with E-state index < -0.39 is 0 Å². The maximum Gasteiger partial charge on any atom is 0.213 e. The van der Waals surface area contributed by atoms with Crippen LogP contribution in [0.1, 0.15) is 11.1 Å². The highest BCUT2D eigenvalue weighted by Gasteiger charge is 2.03. The third-order valence-corrected chi connectivity index (χ3v) is 2.88. The highest BCUT2D eigenvalue weighted by Crippen LogP contribution is 2.20. The summed E-state index contributed by atoms with van der Waals surface area (Å²) in [5.41, 5.74) is 3.84. The fraction of sp³-hybridized carbons (Fsp3) is 0.0667. The van der Waals surface area contributed by atoms with Gasteiger partial charge in [-0.15, -0.1) is 0 Å². The first-order chi connectivity index (χ1) is 9.36. The molecule has 4 heteroatoms. The van der Waals surface area contributed by atoms with E-state index in [0.717, 1.165) is 22.2 Å². The summed E-state index contributed by atoms with van der Waals surface area (Å²) >= 11 is 0. The van der Waals surface area contributed by atoms with Crippen LogP contribution in [0.3, 0.4) is 0 Å². The van der Waals surface area contributed by atoms with Crippen LogP contribution >= 0.6 is 0 Å². The monoisotopic (exact) mass is 251 g/mol. The van der Waals surface area contributed by atoms with Crippen molar-refractivity contribution in [2.45, 2.75) is 0 Å². The van der Waals surface area contributed by atoms with E-state index in [2.05, 4.69) is 15.0 Å². The predicted octanol–water partition coefficient (Wildman–Crippen LogP) is 3.14. The Morgan fingerprint density at radius 3 is 2.89 bits per heavy atom. The maximum absolute atomic E-state index is 5.16. The van der Waals surface area contributed by atoms with Crippen LogP contribution in [0, 0.1) is 0 Å². The quantitative estimate of drug-likeness (QED) is 0.778. The number of aromatic nitrogens is 3. The molecule has 0 saturated heterocycles. The molecule has 19 heavy (non-hydrogen) atoms. The molecule has 0 amide bonds. The van der Waals surface area contributed by atoms with Gasteiger partial charge in [0.15, 0.2) is 0 Å². The third kappa shape index (κ3) is 2.33. The summed E-state index contributed by atoms with van der Waals surface area (Å²) in [6.07, 6.45) is 9.68. The van der Waals surface area contributed by atoms with Gasteiger partial charge in [-0.1, -0.05) is 12.2 Å². The number of nitrogens with one attached hydrogen (secondary N) is 1. The van der Waals surface area contributed by atoms with Gasteiger partial charge < -0.3 is 9.72 Å². The topological polar surface area (TPSA) is 50.8 Å². The second-order valence-electron chi connectivity index (χ2n) is 4.10. The van der Waals surface area contributed by atoms with Gasteiger partial charge in [-0.3, -0.25) is 4.98 Å². The molecule has 3 aromatic heterocycles. The van der Waals surface area contributed by atoms with Crippen LogP contribution in [0.25, 0.3) is 23.2 Å². The fourth-order valence-corrected chi connectivity index (χ4v) is 1.90. The lowest BCUT2D eigenvalue weighted by atomic mass is 10.1. The van der Waals surface area contributed by atoms with Crippen LogP contribution in [0.4, 0.5) is 0 Å². The maximum atomic E-state index is 5.16. The number of rotatable bonds is 3. The SMILES string of the molecule is COc1ccc2nccc(/C=C/c3cc[nH]c3)c2n1. The molecule has 0 aliphatic rings. The number of hydrogen-bond donors (Lipinski definition) is 1. The first-order valence-corrected chi connectivity index (χ1v) is 5.97. The summed E-state index contributed by atoms with van der Waals surface area (Å²) in [6.45, 7) is 0. The van der Waals surface area contributed by atoms with Crippen LogP contribution in [-0.2, 0) is 0 Å². The number of methoxy groups -OCH3 is 1. The average Bonchev–Trinajstić information content (AvgIpc) is 2.97. The normalized spacial score (nSPS) is 11.2. The van der Waals surface area contributed by atoms with Gasteiger partial charge in [0.1, 0.15) is 0 Å². The number of fused-ring (bicyclic) bond motifs is 1. The molecule has 3 rings (SSSR count). The molecule has 0 bridgehead atoms. The van der Waals surface area contributed by atoms with Gasteiger partial charge in [0.05, 0.1) is 18.1 Å². The molecule has 3 aromatic rings. The van der Waals surface area contributed by atoms with Crippen molar-refractivity contribution in [2.75, 3.05) is 7.11 Å². The number of ether oxygens (including phenoxy) is 1. The lowest BCUT2D eigenvalue weighted by Gasteiger charge is -2.03. The number of pyridine rings is 2. The van der Waals surface area contributed by atoms with Crippen molar-refractivity contribution < 1.29 is 4.74 Å².